The fourth-order valence-electron chi connectivity index (χ4n) is 2.53. The van der Waals surface area contributed by atoms with Crippen LogP contribution in [-0.4, -0.2) is 47.0 Å². The maximum atomic E-state index is 5.82. The summed E-state index contributed by atoms with van der Waals surface area (Å²) in [7, 11) is 4.83. The van der Waals surface area contributed by atoms with Gasteiger partial charge in [-0.2, -0.15) is 0 Å². The van der Waals surface area contributed by atoms with Crippen molar-refractivity contribution < 1.29 is 18.9 Å². The van der Waals surface area contributed by atoms with E-state index in [4.69, 9.17) is 24.8 Å². The summed E-state index contributed by atoms with van der Waals surface area (Å²) in [6.07, 6.45) is 5.00. The molecule has 0 saturated heterocycles. The van der Waals surface area contributed by atoms with Gasteiger partial charge >= 0.3 is 0 Å². The lowest BCUT2D eigenvalue weighted by Gasteiger charge is -2.15. The third-order valence-electron chi connectivity index (χ3n) is 3.99. The molecule has 0 aliphatic rings. The van der Waals surface area contributed by atoms with Gasteiger partial charge in [0.2, 0.25) is 0 Å². The second-order valence-electron chi connectivity index (χ2n) is 5.88. The summed E-state index contributed by atoms with van der Waals surface area (Å²) < 4.78 is 22.0. The van der Waals surface area contributed by atoms with Crippen LogP contribution >= 0.6 is 0 Å². The topological polar surface area (TPSA) is 99.7 Å². The molecule has 0 aromatic heterocycles. The highest BCUT2D eigenvalue weighted by molar-refractivity contribution is 5.96. The Kier molecular flexibility index (Phi) is 11.2. The molecular weight excluding hydrogens is 360 g/mol. The number of rotatable bonds is 13. The minimum atomic E-state index is 0.452. The number of benzene rings is 1. The highest BCUT2D eigenvalue weighted by Gasteiger charge is 2.12. The molecule has 0 fully saturated rings. The maximum Gasteiger partial charge on any atom is 0.180 e. The summed E-state index contributed by atoms with van der Waals surface area (Å²) in [5.74, 6) is 8.53. The van der Waals surface area contributed by atoms with Crippen molar-refractivity contribution in [1.82, 2.24) is 5.43 Å². The summed E-state index contributed by atoms with van der Waals surface area (Å²) in [4.78, 5) is 8.18. The van der Waals surface area contributed by atoms with E-state index in [0.717, 1.165) is 37.0 Å². The standard InChI is InChI=1S/C20H32N4O4/c1-6-7-10-23-20(24-21)19(14-22-2)28-11-8-9-15-12-17(26-4)18(27-5)13-16(15)25-3/h12-14H,2,6-11,21H2,1,3-5H3,(H,23,24)/b19-14+. The maximum absolute atomic E-state index is 5.82. The van der Waals surface area contributed by atoms with Crippen LogP contribution in [0.5, 0.6) is 17.2 Å². The number of nitrogens with one attached hydrogen (secondary N) is 1. The molecule has 3 N–H and O–H groups in total. The molecule has 0 radical (unpaired) electrons. The van der Waals surface area contributed by atoms with Crippen molar-refractivity contribution in [2.24, 2.45) is 15.8 Å². The van der Waals surface area contributed by atoms with Gasteiger partial charge in [0.25, 0.3) is 0 Å². The van der Waals surface area contributed by atoms with E-state index in [2.05, 4.69) is 29.1 Å². The fourth-order valence-corrected chi connectivity index (χ4v) is 2.53. The molecule has 0 atom stereocenters. The van der Waals surface area contributed by atoms with Crippen LogP contribution in [0.4, 0.5) is 0 Å². The predicted molar refractivity (Wildman–Crippen MR) is 113 cm³/mol. The molecule has 8 heteroatoms. The van der Waals surface area contributed by atoms with Gasteiger partial charge in [0.15, 0.2) is 23.1 Å². The van der Waals surface area contributed by atoms with Crippen molar-refractivity contribution in [3.63, 3.8) is 0 Å². The first kappa shape index (κ1) is 23.3. The normalized spacial score (nSPS) is 11.8. The number of ether oxygens (including phenoxy) is 4. The number of nitrogens with two attached hydrogens (primary N) is 1. The van der Waals surface area contributed by atoms with Crippen LogP contribution in [0.25, 0.3) is 0 Å². The van der Waals surface area contributed by atoms with Crippen LogP contribution in [0.3, 0.4) is 0 Å². The van der Waals surface area contributed by atoms with Crippen LogP contribution in [-0.2, 0) is 11.2 Å². The molecule has 1 aromatic carbocycles. The molecule has 0 bridgehead atoms. The Morgan fingerprint density at radius 2 is 1.79 bits per heavy atom. The Balaban J connectivity index is 2.74. The van der Waals surface area contributed by atoms with Gasteiger partial charge in [-0.15, -0.1) is 0 Å². The summed E-state index contributed by atoms with van der Waals surface area (Å²) in [6, 6.07) is 3.73. The lowest BCUT2D eigenvalue weighted by Crippen LogP contribution is -2.33. The molecule has 0 aliphatic heterocycles. The first-order chi connectivity index (χ1) is 13.6. The Labute approximate surface area is 167 Å². The zero-order chi connectivity index (χ0) is 20.8. The van der Waals surface area contributed by atoms with Crippen molar-refractivity contribution in [3.8, 4) is 17.2 Å². The zero-order valence-corrected chi connectivity index (χ0v) is 17.3. The SMILES string of the molecule is C=N/C=C(/OCCCc1cc(OC)c(OC)cc1OC)C(=NCCCC)NN. The number of methoxy groups -OCH3 is 3. The quantitative estimate of drug-likeness (QED) is 0.134. The largest absolute Gasteiger partial charge is 0.496 e. The zero-order valence-electron chi connectivity index (χ0n) is 17.3. The second-order valence-corrected chi connectivity index (χ2v) is 5.88. The molecule has 1 rings (SSSR count). The van der Waals surface area contributed by atoms with Gasteiger partial charge in [0.1, 0.15) is 5.75 Å². The number of aryl methyl sites for hydroxylation is 1. The Hall–Kier alpha value is -2.74. The summed E-state index contributed by atoms with van der Waals surface area (Å²) >= 11 is 0. The summed E-state index contributed by atoms with van der Waals surface area (Å²) in [6.45, 7) is 6.69. The Morgan fingerprint density at radius 3 is 2.36 bits per heavy atom. The van der Waals surface area contributed by atoms with Gasteiger partial charge in [-0.05, 0) is 37.6 Å². The Morgan fingerprint density at radius 1 is 1.11 bits per heavy atom. The molecule has 156 valence electrons. The van der Waals surface area contributed by atoms with Crippen LogP contribution in [0.1, 0.15) is 31.7 Å². The van der Waals surface area contributed by atoms with Gasteiger partial charge in [-0.1, -0.05) is 13.3 Å². The highest BCUT2D eigenvalue weighted by Crippen LogP contribution is 2.35. The van der Waals surface area contributed by atoms with E-state index < -0.39 is 0 Å². The van der Waals surface area contributed by atoms with Crippen molar-refractivity contribution in [3.05, 3.63) is 29.7 Å². The van der Waals surface area contributed by atoms with E-state index >= 15 is 0 Å². The minimum Gasteiger partial charge on any atom is -0.496 e. The Bertz CT molecular complexity index is 674. The van der Waals surface area contributed by atoms with E-state index in [1.807, 2.05) is 12.1 Å². The number of aliphatic imine (C=N–C) groups is 2. The predicted octanol–water partition coefficient (Wildman–Crippen LogP) is 2.87. The van der Waals surface area contributed by atoms with Gasteiger partial charge in [0.05, 0.1) is 34.1 Å². The third kappa shape index (κ3) is 7.11. The van der Waals surface area contributed by atoms with Crippen LogP contribution in [0.15, 0.2) is 34.1 Å². The fraction of sp³-hybridized carbons (Fsp3) is 0.500. The molecule has 0 amide bonds. The molecule has 0 spiro atoms. The number of hydrogen-bond acceptors (Lipinski definition) is 7. The summed E-state index contributed by atoms with van der Waals surface area (Å²) in [5, 5.41) is 0. The van der Waals surface area contributed by atoms with Crippen molar-refractivity contribution in [2.75, 3.05) is 34.5 Å². The third-order valence-corrected chi connectivity index (χ3v) is 3.99. The minimum absolute atomic E-state index is 0.452. The van der Waals surface area contributed by atoms with E-state index in [0.29, 0.717) is 36.2 Å². The van der Waals surface area contributed by atoms with E-state index in [-0.39, 0.29) is 0 Å². The first-order valence-electron chi connectivity index (χ1n) is 9.24. The lowest BCUT2D eigenvalue weighted by molar-refractivity contribution is 0.224. The van der Waals surface area contributed by atoms with E-state index in [1.54, 1.807) is 21.3 Å². The number of hydrazine groups is 1. The summed E-state index contributed by atoms with van der Waals surface area (Å²) in [5.41, 5.74) is 3.57. The first-order valence-corrected chi connectivity index (χ1v) is 9.24. The highest BCUT2D eigenvalue weighted by atomic mass is 16.5. The molecule has 1 aromatic rings. The lowest BCUT2D eigenvalue weighted by atomic mass is 10.1. The average Bonchev–Trinajstić information content (AvgIpc) is 2.73. The van der Waals surface area contributed by atoms with Gasteiger partial charge in [-0.25, -0.2) is 5.84 Å². The van der Waals surface area contributed by atoms with Crippen LogP contribution < -0.4 is 25.5 Å². The smallest absolute Gasteiger partial charge is 0.180 e. The number of unbranched alkanes of at least 4 members (excludes halogenated alkanes) is 1. The van der Waals surface area contributed by atoms with Crippen molar-refractivity contribution in [1.29, 1.82) is 0 Å². The van der Waals surface area contributed by atoms with Crippen molar-refractivity contribution >= 4 is 12.6 Å². The molecule has 0 unspecified atom stereocenters. The molecular formula is C20H32N4O4. The second kappa shape index (κ2) is 13.4. The van der Waals surface area contributed by atoms with Gasteiger partial charge in [-0.3, -0.25) is 9.98 Å². The van der Waals surface area contributed by atoms with E-state index in [9.17, 15) is 0 Å². The van der Waals surface area contributed by atoms with Crippen LogP contribution in [0, 0.1) is 0 Å². The van der Waals surface area contributed by atoms with Gasteiger partial charge in [0, 0.05) is 12.6 Å². The number of nitrogens with zero attached hydrogens (tertiary/aromatic N) is 2. The molecule has 8 nitrogen and oxygen atoms in total. The molecule has 0 aliphatic carbocycles. The number of amidine groups is 1. The molecule has 0 saturated carbocycles. The average molecular weight is 393 g/mol. The molecule has 0 heterocycles. The monoisotopic (exact) mass is 392 g/mol. The number of hydrogen-bond donors (Lipinski definition) is 2. The van der Waals surface area contributed by atoms with Crippen molar-refractivity contribution in [2.45, 2.75) is 32.6 Å². The van der Waals surface area contributed by atoms with Crippen LogP contribution in [0.2, 0.25) is 0 Å². The van der Waals surface area contributed by atoms with E-state index in [1.165, 1.54) is 6.20 Å². The van der Waals surface area contributed by atoms with Gasteiger partial charge < -0.3 is 24.4 Å². The molecule has 28 heavy (non-hydrogen) atoms.